The van der Waals surface area contributed by atoms with Crippen LogP contribution in [0.25, 0.3) is 10.9 Å². The second-order valence-electron chi connectivity index (χ2n) is 9.33. The number of nitrogen functional groups attached to an aromatic ring is 1. The Kier molecular flexibility index (Phi) is 11.0. The first-order chi connectivity index (χ1) is 20.0. The Morgan fingerprint density at radius 1 is 0.902 bits per heavy atom. The number of carbonyl (C=O) groups is 3. The Labute approximate surface area is 243 Å². The molecular formula is C31H33N5O4S. The van der Waals surface area contributed by atoms with E-state index in [0.717, 1.165) is 15.8 Å². The number of hydrogen-bond donors (Lipinski definition) is 4. The van der Waals surface area contributed by atoms with Crippen molar-refractivity contribution in [2.24, 2.45) is 0 Å². The number of pyridine rings is 1. The zero-order valence-corrected chi connectivity index (χ0v) is 23.4. The van der Waals surface area contributed by atoms with Crippen LogP contribution in [0, 0.1) is 0 Å². The minimum atomic E-state index is -0.839. The number of aromatic nitrogens is 1. The molecule has 0 bridgehead atoms. The maximum atomic E-state index is 13.3. The van der Waals surface area contributed by atoms with E-state index >= 15 is 0 Å². The highest BCUT2D eigenvalue weighted by molar-refractivity contribution is 8.00. The molecule has 3 aromatic carbocycles. The minimum absolute atomic E-state index is 0.0767. The molecule has 10 heteroatoms. The Hall–Kier alpha value is -4.57. The number of rotatable bonds is 13. The number of unbranched alkanes of at least 4 members (excludes halogenated alkanes) is 1. The number of carbonyl (C=O) groups excluding carboxylic acids is 3. The average Bonchev–Trinajstić information content (AvgIpc) is 2.99. The number of thioether (sulfide) groups is 1. The van der Waals surface area contributed by atoms with Crippen molar-refractivity contribution < 1.29 is 19.1 Å². The number of ether oxygens (including phenoxy) is 1. The lowest BCUT2D eigenvalue weighted by Gasteiger charge is -2.19. The van der Waals surface area contributed by atoms with Gasteiger partial charge in [-0.25, -0.2) is 4.79 Å². The second-order valence-corrected chi connectivity index (χ2v) is 10.4. The van der Waals surface area contributed by atoms with Crippen LogP contribution in [-0.2, 0) is 20.9 Å². The maximum Gasteiger partial charge on any atom is 0.408 e. The summed E-state index contributed by atoms with van der Waals surface area (Å²) in [6.07, 6.45) is 2.57. The summed E-state index contributed by atoms with van der Waals surface area (Å²) in [6, 6.07) is 25.1. The van der Waals surface area contributed by atoms with Crippen LogP contribution in [0.2, 0.25) is 0 Å². The molecule has 0 saturated heterocycles. The van der Waals surface area contributed by atoms with Crippen molar-refractivity contribution in [3.05, 3.63) is 96.7 Å². The van der Waals surface area contributed by atoms with Crippen LogP contribution >= 0.6 is 11.8 Å². The fourth-order valence-corrected chi connectivity index (χ4v) is 4.79. The van der Waals surface area contributed by atoms with Gasteiger partial charge in [-0.2, -0.15) is 0 Å². The van der Waals surface area contributed by atoms with Gasteiger partial charge in [0, 0.05) is 28.7 Å². The monoisotopic (exact) mass is 571 g/mol. The molecule has 4 rings (SSSR count). The molecule has 0 radical (unpaired) electrons. The van der Waals surface area contributed by atoms with E-state index in [9.17, 15) is 14.4 Å². The first-order valence-electron chi connectivity index (χ1n) is 13.3. The minimum Gasteiger partial charge on any atom is -0.445 e. The molecule has 41 heavy (non-hydrogen) atoms. The molecule has 3 amide bonds. The number of anilines is 2. The van der Waals surface area contributed by atoms with Crippen molar-refractivity contribution in [2.45, 2.75) is 36.8 Å². The van der Waals surface area contributed by atoms with Crippen LogP contribution in [0.4, 0.5) is 16.2 Å². The SMILES string of the molecule is Nc1ccc(SCC(=O)NCCCCC(NC(=O)OCc2ccccc2)C(=O)Nc2cccc3cccnc23)cc1. The van der Waals surface area contributed by atoms with E-state index in [1.807, 2.05) is 66.7 Å². The lowest BCUT2D eigenvalue weighted by Crippen LogP contribution is -2.44. The smallest absolute Gasteiger partial charge is 0.408 e. The number of hydrogen-bond acceptors (Lipinski definition) is 7. The molecule has 0 aliphatic rings. The van der Waals surface area contributed by atoms with Gasteiger partial charge in [-0.15, -0.1) is 11.8 Å². The number of para-hydroxylation sites is 1. The molecule has 0 spiro atoms. The van der Waals surface area contributed by atoms with Crippen molar-refractivity contribution in [3.8, 4) is 0 Å². The zero-order chi connectivity index (χ0) is 28.9. The summed E-state index contributed by atoms with van der Waals surface area (Å²) in [5.41, 5.74) is 8.44. The van der Waals surface area contributed by atoms with Gasteiger partial charge in [0.05, 0.1) is 17.0 Å². The number of benzene rings is 3. The topological polar surface area (TPSA) is 135 Å². The molecule has 1 unspecified atom stereocenters. The van der Waals surface area contributed by atoms with Crippen LogP contribution in [-0.4, -0.2) is 41.2 Å². The fourth-order valence-electron chi connectivity index (χ4n) is 4.07. The van der Waals surface area contributed by atoms with Crippen molar-refractivity contribution in [2.75, 3.05) is 23.3 Å². The van der Waals surface area contributed by atoms with Crippen molar-refractivity contribution in [3.63, 3.8) is 0 Å². The summed E-state index contributed by atoms with van der Waals surface area (Å²) >= 11 is 1.43. The molecule has 1 atom stereocenters. The third-order valence-electron chi connectivity index (χ3n) is 6.20. The van der Waals surface area contributed by atoms with E-state index in [1.165, 1.54) is 11.8 Å². The largest absolute Gasteiger partial charge is 0.445 e. The van der Waals surface area contributed by atoms with E-state index in [0.29, 0.717) is 48.5 Å². The average molecular weight is 572 g/mol. The summed E-state index contributed by atoms with van der Waals surface area (Å²) in [7, 11) is 0. The highest BCUT2D eigenvalue weighted by Crippen LogP contribution is 2.21. The van der Waals surface area contributed by atoms with Crippen LogP contribution < -0.4 is 21.7 Å². The summed E-state index contributed by atoms with van der Waals surface area (Å²) in [5.74, 6) is -0.154. The van der Waals surface area contributed by atoms with Gasteiger partial charge in [-0.05, 0) is 61.2 Å². The van der Waals surface area contributed by atoms with Crippen LogP contribution in [0.15, 0.2) is 96.0 Å². The first-order valence-corrected chi connectivity index (χ1v) is 14.3. The zero-order valence-electron chi connectivity index (χ0n) is 22.5. The molecular weight excluding hydrogens is 538 g/mol. The van der Waals surface area contributed by atoms with E-state index in [4.69, 9.17) is 10.5 Å². The highest BCUT2D eigenvalue weighted by atomic mass is 32.2. The summed E-state index contributed by atoms with van der Waals surface area (Å²) in [5, 5.41) is 9.40. The second kappa shape index (κ2) is 15.3. The van der Waals surface area contributed by atoms with Crippen molar-refractivity contribution >= 4 is 51.9 Å². The van der Waals surface area contributed by atoms with Gasteiger partial charge in [-0.3, -0.25) is 14.6 Å². The molecule has 0 aliphatic heterocycles. The molecule has 1 aromatic heterocycles. The quantitative estimate of drug-likeness (QED) is 0.0993. The third kappa shape index (κ3) is 9.54. The highest BCUT2D eigenvalue weighted by Gasteiger charge is 2.22. The van der Waals surface area contributed by atoms with Gasteiger partial charge in [0.1, 0.15) is 12.6 Å². The molecule has 5 N–H and O–H groups in total. The van der Waals surface area contributed by atoms with Gasteiger partial charge in [0.2, 0.25) is 11.8 Å². The van der Waals surface area contributed by atoms with Gasteiger partial charge in [0.15, 0.2) is 0 Å². The Morgan fingerprint density at radius 2 is 1.68 bits per heavy atom. The number of amides is 3. The standard InChI is InChI=1S/C31H33N5O4S/c32-24-14-16-25(17-15-24)41-21-28(37)33-18-5-4-12-27(36-31(39)40-20-22-8-2-1-3-9-22)30(38)35-26-13-6-10-23-11-7-19-34-29(23)26/h1-3,6-11,13-17,19,27H,4-5,12,18,20-21,32H2,(H,33,37)(H,35,38)(H,36,39). The Bertz CT molecular complexity index is 1440. The molecule has 9 nitrogen and oxygen atoms in total. The first kappa shape index (κ1) is 29.4. The van der Waals surface area contributed by atoms with E-state index in [2.05, 4.69) is 20.9 Å². The van der Waals surface area contributed by atoms with E-state index in [1.54, 1.807) is 24.4 Å². The normalized spacial score (nSPS) is 11.4. The molecule has 0 fully saturated rings. The van der Waals surface area contributed by atoms with Gasteiger partial charge < -0.3 is 26.4 Å². The predicted octanol–water partition coefficient (Wildman–Crippen LogP) is 5.13. The number of nitrogens with one attached hydrogen (secondary N) is 3. The number of nitrogens with two attached hydrogens (primary N) is 1. The van der Waals surface area contributed by atoms with Crippen LogP contribution in [0.5, 0.6) is 0 Å². The molecule has 0 saturated carbocycles. The third-order valence-corrected chi connectivity index (χ3v) is 7.22. The molecule has 4 aromatic rings. The Balaban J connectivity index is 1.28. The molecule has 0 aliphatic carbocycles. The van der Waals surface area contributed by atoms with Gasteiger partial charge >= 0.3 is 6.09 Å². The van der Waals surface area contributed by atoms with Gasteiger partial charge in [0.25, 0.3) is 0 Å². The summed E-state index contributed by atoms with van der Waals surface area (Å²) < 4.78 is 5.35. The van der Waals surface area contributed by atoms with E-state index < -0.39 is 12.1 Å². The van der Waals surface area contributed by atoms with Crippen molar-refractivity contribution in [1.29, 1.82) is 0 Å². The summed E-state index contributed by atoms with van der Waals surface area (Å²) in [4.78, 5) is 43.5. The van der Waals surface area contributed by atoms with Crippen LogP contribution in [0.1, 0.15) is 24.8 Å². The lowest BCUT2D eigenvalue weighted by molar-refractivity contribution is -0.119. The maximum absolute atomic E-state index is 13.3. The summed E-state index contributed by atoms with van der Waals surface area (Å²) in [6.45, 7) is 0.551. The van der Waals surface area contributed by atoms with Crippen LogP contribution in [0.3, 0.4) is 0 Å². The molecule has 1 heterocycles. The van der Waals surface area contributed by atoms with Gasteiger partial charge in [-0.1, -0.05) is 48.5 Å². The fraction of sp³-hybridized carbons (Fsp3) is 0.226. The number of fused-ring (bicyclic) bond motifs is 1. The molecule has 212 valence electrons. The number of nitrogens with zero attached hydrogens (tertiary/aromatic N) is 1. The number of alkyl carbamates (subject to hydrolysis) is 1. The predicted molar refractivity (Wildman–Crippen MR) is 162 cm³/mol. The van der Waals surface area contributed by atoms with E-state index in [-0.39, 0.29) is 18.4 Å². The Morgan fingerprint density at radius 3 is 2.49 bits per heavy atom. The van der Waals surface area contributed by atoms with Crippen molar-refractivity contribution in [1.82, 2.24) is 15.6 Å². The lowest BCUT2D eigenvalue weighted by atomic mass is 10.1.